The van der Waals surface area contributed by atoms with Gasteiger partial charge in [-0.3, -0.25) is 4.79 Å². The number of carbonyl (C=O) groups is 1. The van der Waals surface area contributed by atoms with Crippen LogP contribution in [0.25, 0.3) is 0 Å². The molecule has 1 fully saturated rings. The van der Waals surface area contributed by atoms with Gasteiger partial charge in [0, 0.05) is 11.6 Å². The summed E-state index contributed by atoms with van der Waals surface area (Å²) in [7, 11) is -3.02. The molecule has 1 aliphatic heterocycles. The fraction of sp³-hybridized carbons (Fsp3) is 0.562. The van der Waals surface area contributed by atoms with Crippen molar-refractivity contribution in [2.45, 2.75) is 32.2 Å². The number of allylic oxidation sites excluding steroid dienone is 6. The van der Waals surface area contributed by atoms with Gasteiger partial charge in [0.25, 0.3) is 0 Å². The molecule has 1 heterocycles. The van der Waals surface area contributed by atoms with Crippen molar-refractivity contribution in [2.75, 3.05) is 25.9 Å². The first-order valence-electron chi connectivity index (χ1n) is 7.84. The largest absolute Gasteiger partial charge is 0.303 e. The molecule has 0 aromatic carbocycles. The van der Waals surface area contributed by atoms with Crippen LogP contribution in [0.3, 0.4) is 0 Å². The third kappa shape index (κ3) is 5.09. The number of sulfonamides is 1. The summed E-state index contributed by atoms with van der Waals surface area (Å²) >= 11 is 0. The van der Waals surface area contributed by atoms with E-state index in [0.29, 0.717) is 5.57 Å². The van der Waals surface area contributed by atoms with Crippen molar-refractivity contribution in [3.8, 4) is 0 Å². The number of Topliss-reactive ketones (excluding diaryl/α,β-unsaturated/α-hetero) is 1. The molecule has 3 aliphatic rings. The van der Waals surface area contributed by atoms with E-state index < -0.39 is 15.9 Å². The molecule has 2 aliphatic carbocycles. The van der Waals surface area contributed by atoms with Crippen LogP contribution in [0.15, 0.2) is 35.2 Å². The number of likely N-dealkylation sites (tertiary alicyclic amines) is 1. The number of nitrogens with one attached hydrogen (secondary N) is 1. The molecular formula is C16H23FN2O3S. The molecule has 7 heteroatoms. The maximum absolute atomic E-state index is 12.4. The summed E-state index contributed by atoms with van der Waals surface area (Å²) in [6.07, 6.45) is 8.67. The normalized spacial score (nSPS) is 21.5. The second-order valence-electron chi connectivity index (χ2n) is 6.03. The number of rotatable bonds is 4. The van der Waals surface area contributed by atoms with Gasteiger partial charge in [0.2, 0.25) is 10.0 Å². The van der Waals surface area contributed by atoms with E-state index in [2.05, 4.69) is 16.5 Å². The zero-order valence-electron chi connectivity index (χ0n) is 13.5. The van der Waals surface area contributed by atoms with Gasteiger partial charge in [0.05, 0.1) is 11.8 Å². The molecule has 1 saturated heterocycles. The van der Waals surface area contributed by atoms with Gasteiger partial charge < -0.3 is 4.90 Å². The van der Waals surface area contributed by atoms with Crippen LogP contribution in [0.4, 0.5) is 4.39 Å². The van der Waals surface area contributed by atoms with Crippen LogP contribution < -0.4 is 4.72 Å². The minimum Gasteiger partial charge on any atom is -0.303 e. The third-order valence-electron chi connectivity index (χ3n) is 3.98. The van der Waals surface area contributed by atoms with Crippen LogP contribution in [0.1, 0.15) is 26.2 Å². The van der Waals surface area contributed by atoms with Gasteiger partial charge in [-0.05, 0) is 51.0 Å². The lowest BCUT2D eigenvalue weighted by atomic mass is 10.1. The van der Waals surface area contributed by atoms with Gasteiger partial charge in [-0.25, -0.2) is 17.5 Å². The van der Waals surface area contributed by atoms with E-state index in [9.17, 15) is 17.6 Å². The smallest absolute Gasteiger partial charge is 0.208 e. The first-order chi connectivity index (χ1) is 10.8. The van der Waals surface area contributed by atoms with Crippen molar-refractivity contribution in [2.24, 2.45) is 0 Å². The fourth-order valence-corrected chi connectivity index (χ4v) is 3.73. The second-order valence-corrected chi connectivity index (χ2v) is 7.81. The number of hydrogen-bond donors (Lipinski definition) is 1. The molecule has 0 atom stereocenters. The Morgan fingerprint density at radius 3 is 2.30 bits per heavy atom. The summed E-state index contributed by atoms with van der Waals surface area (Å²) < 4.78 is 37.0. The number of carbonyl (C=O) groups excluding carboxylic acids is 1. The van der Waals surface area contributed by atoms with Gasteiger partial charge in [-0.15, -0.1) is 0 Å². The molecule has 0 amide bonds. The Morgan fingerprint density at radius 2 is 1.96 bits per heavy atom. The molecule has 5 nitrogen and oxygen atoms in total. The third-order valence-corrected chi connectivity index (χ3v) is 4.75. The number of ketones is 1. The molecule has 23 heavy (non-hydrogen) atoms. The van der Waals surface area contributed by atoms with Crippen molar-refractivity contribution in [1.82, 2.24) is 9.62 Å². The van der Waals surface area contributed by atoms with Crippen LogP contribution >= 0.6 is 0 Å². The van der Waals surface area contributed by atoms with Crippen molar-refractivity contribution >= 4 is 15.8 Å². The molecule has 0 spiro atoms. The molecule has 128 valence electrons. The van der Waals surface area contributed by atoms with Crippen LogP contribution in [-0.2, 0) is 14.8 Å². The van der Waals surface area contributed by atoms with E-state index in [0.717, 1.165) is 32.5 Å². The molecule has 0 aromatic heterocycles. The minimum atomic E-state index is -3.02. The first kappa shape index (κ1) is 18.0. The highest BCUT2D eigenvalue weighted by atomic mass is 32.2. The molecule has 0 radical (unpaired) electrons. The molecular weight excluding hydrogens is 319 g/mol. The second kappa shape index (κ2) is 7.51. The highest BCUT2D eigenvalue weighted by Crippen LogP contribution is 2.30. The molecule has 0 aromatic rings. The highest BCUT2D eigenvalue weighted by Gasteiger charge is 2.26. The summed E-state index contributed by atoms with van der Waals surface area (Å²) in [6, 6.07) is 0.151. The minimum absolute atomic E-state index is 0.151. The molecule has 3 rings (SSSR count). The fourth-order valence-electron chi connectivity index (χ4n) is 2.89. The van der Waals surface area contributed by atoms with Gasteiger partial charge >= 0.3 is 0 Å². The van der Waals surface area contributed by atoms with E-state index in [1.165, 1.54) is 24.8 Å². The highest BCUT2D eigenvalue weighted by molar-refractivity contribution is 7.88. The maximum Gasteiger partial charge on any atom is 0.208 e. The number of piperidine rings is 1. The lowest BCUT2D eigenvalue weighted by Crippen LogP contribution is -2.44. The van der Waals surface area contributed by atoms with Crippen LogP contribution in [0.2, 0.25) is 0 Å². The average molecular weight is 342 g/mol. The molecule has 2 bridgehead atoms. The van der Waals surface area contributed by atoms with Crippen molar-refractivity contribution in [1.29, 1.82) is 0 Å². The monoisotopic (exact) mass is 342 g/mol. The van der Waals surface area contributed by atoms with Gasteiger partial charge in [0.15, 0.2) is 5.78 Å². The van der Waals surface area contributed by atoms with Crippen LogP contribution in [0, 0.1) is 0 Å². The zero-order valence-corrected chi connectivity index (χ0v) is 14.3. The van der Waals surface area contributed by atoms with Crippen molar-refractivity contribution in [3.05, 3.63) is 35.2 Å². The predicted molar refractivity (Wildman–Crippen MR) is 88.1 cm³/mol. The van der Waals surface area contributed by atoms with E-state index in [4.69, 9.17) is 0 Å². The number of nitrogens with zero attached hydrogens (tertiary/aromatic N) is 1. The maximum atomic E-state index is 12.4. The van der Waals surface area contributed by atoms with Gasteiger partial charge in [0.1, 0.15) is 5.83 Å². The van der Waals surface area contributed by atoms with E-state index in [-0.39, 0.29) is 17.4 Å². The summed E-state index contributed by atoms with van der Waals surface area (Å²) in [5.74, 6) is -0.565. The lowest BCUT2D eigenvalue weighted by molar-refractivity contribution is -0.111. The quantitative estimate of drug-likeness (QED) is 0.844. The SMILES string of the molecule is CCCN1CCC(NS(C)(=O)=O)CC1.O=C1C2=CC(F)=C1C=C2. The molecule has 0 unspecified atom stereocenters. The Kier molecular flexibility index (Phi) is 5.89. The molecule has 1 N–H and O–H groups in total. The summed E-state index contributed by atoms with van der Waals surface area (Å²) in [4.78, 5) is 13.1. The number of hydrogen-bond acceptors (Lipinski definition) is 4. The Bertz CT molecular complexity index is 657. The van der Waals surface area contributed by atoms with Crippen LogP contribution in [-0.4, -0.2) is 51.0 Å². The van der Waals surface area contributed by atoms with Crippen molar-refractivity contribution in [3.63, 3.8) is 0 Å². The number of halogens is 1. The first-order valence-corrected chi connectivity index (χ1v) is 9.73. The summed E-state index contributed by atoms with van der Waals surface area (Å²) in [6.45, 7) is 5.33. The zero-order chi connectivity index (χ0) is 17.0. The Hall–Kier alpha value is -1.31. The Labute approximate surface area is 137 Å². The molecule has 0 saturated carbocycles. The van der Waals surface area contributed by atoms with E-state index in [1.54, 1.807) is 6.08 Å². The predicted octanol–water partition coefficient (Wildman–Crippen LogP) is 1.70. The van der Waals surface area contributed by atoms with Gasteiger partial charge in [-0.2, -0.15) is 0 Å². The van der Waals surface area contributed by atoms with Crippen molar-refractivity contribution < 1.29 is 17.6 Å². The van der Waals surface area contributed by atoms with Crippen LogP contribution in [0.5, 0.6) is 0 Å². The lowest BCUT2D eigenvalue weighted by Gasteiger charge is -2.31. The Balaban J connectivity index is 0.000000182. The van der Waals surface area contributed by atoms with E-state index >= 15 is 0 Å². The standard InChI is InChI=1S/C9H20N2O2S.C7H3FO/c1-3-6-11-7-4-9(5-8-11)10-14(2,12)13;8-6-3-4-1-2-5(6)7(4)9/h9-10H,3-8H2,1-2H3;1-3H. The average Bonchev–Trinajstić information content (AvgIpc) is 2.95. The summed E-state index contributed by atoms with van der Waals surface area (Å²) in [5, 5.41) is 0. The van der Waals surface area contributed by atoms with E-state index in [1.807, 2.05) is 0 Å². The summed E-state index contributed by atoms with van der Waals surface area (Å²) in [5.41, 5.74) is 0.688. The Morgan fingerprint density at radius 1 is 1.30 bits per heavy atom. The number of fused-ring (bicyclic) bond motifs is 2. The van der Waals surface area contributed by atoms with Gasteiger partial charge in [-0.1, -0.05) is 13.0 Å². The topological polar surface area (TPSA) is 66.5 Å².